The number of para-hydroxylation sites is 2. The van der Waals surface area contributed by atoms with Gasteiger partial charge >= 0.3 is 6.03 Å². The van der Waals surface area contributed by atoms with Gasteiger partial charge in [-0.2, -0.15) is 9.37 Å². The van der Waals surface area contributed by atoms with Gasteiger partial charge in [-0.3, -0.25) is 0 Å². The zero-order valence-electron chi connectivity index (χ0n) is 13.2. The minimum atomic E-state index is -0.587. The van der Waals surface area contributed by atoms with Gasteiger partial charge in [0.2, 0.25) is 11.8 Å². The van der Waals surface area contributed by atoms with Crippen molar-refractivity contribution in [3.05, 3.63) is 48.4 Å². The Balaban J connectivity index is 1.58. The maximum atomic E-state index is 13.1. The van der Waals surface area contributed by atoms with Crippen LogP contribution in [0.1, 0.15) is 6.42 Å². The van der Waals surface area contributed by atoms with Gasteiger partial charge in [0.15, 0.2) is 0 Å². The molecular formula is C17H18FN3O3. The van der Waals surface area contributed by atoms with E-state index < -0.39 is 5.95 Å². The molecule has 1 fully saturated rings. The molecule has 3 rings (SSSR count). The number of likely N-dealkylation sites (tertiary alicyclic amines) is 1. The van der Waals surface area contributed by atoms with Crippen LogP contribution in [-0.2, 0) is 0 Å². The molecule has 2 aromatic rings. The number of aromatic nitrogens is 1. The quantitative estimate of drug-likeness (QED) is 0.875. The molecule has 0 bridgehead atoms. The van der Waals surface area contributed by atoms with E-state index in [-0.39, 0.29) is 18.0 Å². The minimum absolute atomic E-state index is 0.206. The summed E-state index contributed by atoms with van der Waals surface area (Å²) in [4.78, 5) is 17.7. The van der Waals surface area contributed by atoms with Gasteiger partial charge in [-0.25, -0.2) is 4.79 Å². The number of hydrogen-bond donors (Lipinski definition) is 1. The second kappa shape index (κ2) is 7.16. The first-order valence-corrected chi connectivity index (χ1v) is 7.64. The number of ether oxygens (including phenoxy) is 2. The summed E-state index contributed by atoms with van der Waals surface area (Å²) < 4.78 is 23.9. The van der Waals surface area contributed by atoms with Gasteiger partial charge in [0.1, 0.15) is 11.9 Å². The van der Waals surface area contributed by atoms with Crippen molar-refractivity contribution in [2.45, 2.75) is 12.5 Å². The van der Waals surface area contributed by atoms with Crippen molar-refractivity contribution in [1.82, 2.24) is 9.88 Å². The third kappa shape index (κ3) is 3.73. The lowest BCUT2D eigenvalue weighted by molar-refractivity contribution is 0.188. The van der Waals surface area contributed by atoms with Crippen molar-refractivity contribution in [2.24, 2.45) is 0 Å². The van der Waals surface area contributed by atoms with E-state index in [2.05, 4.69) is 10.3 Å². The van der Waals surface area contributed by atoms with Crippen LogP contribution in [0, 0.1) is 5.95 Å². The summed E-state index contributed by atoms with van der Waals surface area (Å²) >= 11 is 0. The van der Waals surface area contributed by atoms with Gasteiger partial charge in [0, 0.05) is 19.0 Å². The molecule has 2 amide bonds. The number of rotatable bonds is 4. The Labute approximate surface area is 139 Å². The number of benzene rings is 1. The highest BCUT2D eigenvalue weighted by Gasteiger charge is 2.28. The summed E-state index contributed by atoms with van der Waals surface area (Å²) in [5, 5.41) is 2.83. The van der Waals surface area contributed by atoms with E-state index in [0.29, 0.717) is 30.9 Å². The van der Waals surface area contributed by atoms with Crippen LogP contribution in [0.4, 0.5) is 14.9 Å². The summed E-state index contributed by atoms with van der Waals surface area (Å²) in [5.41, 5.74) is 0.612. The number of anilines is 1. The summed E-state index contributed by atoms with van der Waals surface area (Å²) in [7, 11) is 1.55. The fourth-order valence-corrected chi connectivity index (χ4v) is 2.58. The number of hydrogen-bond acceptors (Lipinski definition) is 4. The van der Waals surface area contributed by atoms with Crippen molar-refractivity contribution < 1.29 is 18.7 Å². The lowest BCUT2D eigenvalue weighted by atomic mass is 10.3. The first-order chi connectivity index (χ1) is 11.7. The molecule has 24 heavy (non-hydrogen) atoms. The third-order valence-electron chi connectivity index (χ3n) is 3.76. The predicted octanol–water partition coefficient (Wildman–Crippen LogP) is 2.91. The number of nitrogens with zero attached hydrogens (tertiary/aromatic N) is 2. The Morgan fingerprint density at radius 2 is 2.12 bits per heavy atom. The highest BCUT2D eigenvalue weighted by molar-refractivity contribution is 5.91. The summed E-state index contributed by atoms with van der Waals surface area (Å²) in [6.45, 7) is 0.972. The zero-order chi connectivity index (χ0) is 16.9. The van der Waals surface area contributed by atoms with E-state index in [4.69, 9.17) is 9.47 Å². The normalized spacial score (nSPS) is 16.8. The van der Waals surface area contributed by atoms with E-state index in [1.54, 1.807) is 36.3 Å². The number of carbonyl (C=O) groups is 1. The molecule has 1 saturated heterocycles. The van der Waals surface area contributed by atoms with Crippen molar-refractivity contribution >= 4 is 11.7 Å². The standard InChI is InChI=1S/C17H18FN3O3/c1-23-14-6-3-2-5-13(14)19-17(22)21-10-9-12(11-21)24-16-8-4-7-15(18)20-16/h2-8,12H,9-11H2,1H3,(H,19,22). The maximum Gasteiger partial charge on any atom is 0.322 e. The van der Waals surface area contributed by atoms with E-state index in [1.807, 2.05) is 12.1 Å². The Hall–Kier alpha value is -2.83. The average Bonchev–Trinajstić information content (AvgIpc) is 3.04. The first-order valence-electron chi connectivity index (χ1n) is 7.64. The Morgan fingerprint density at radius 1 is 1.29 bits per heavy atom. The molecule has 6 nitrogen and oxygen atoms in total. The Morgan fingerprint density at radius 3 is 2.92 bits per heavy atom. The van der Waals surface area contributed by atoms with Crippen LogP contribution in [-0.4, -0.2) is 42.2 Å². The van der Waals surface area contributed by atoms with E-state index in [1.165, 1.54) is 6.07 Å². The van der Waals surface area contributed by atoms with E-state index >= 15 is 0 Å². The van der Waals surface area contributed by atoms with Crippen LogP contribution in [0.3, 0.4) is 0 Å². The molecular weight excluding hydrogens is 313 g/mol. The number of amides is 2. The summed E-state index contributed by atoms with van der Waals surface area (Å²) in [6, 6.07) is 11.4. The molecule has 1 N–H and O–H groups in total. The van der Waals surface area contributed by atoms with Crippen molar-refractivity contribution in [2.75, 3.05) is 25.5 Å². The maximum absolute atomic E-state index is 13.1. The van der Waals surface area contributed by atoms with E-state index in [9.17, 15) is 9.18 Å². The van der Waals surface area contributed by atoms with Crippen molar-refractivity contribution in [3.8, 4) is 11.6 Å². The lowest BCUT2D eigenvalue weighted by Crippen LogP contribution is -2.34. The number of urea groups is 1. The van der Waals surface area contributed by atoms with Crippen LogP contribution in [0.25, 0.3) is 0 Å². The molecule has 1 atom stereocenters. The van der Waals surface area contributed by atoms with Crippen LogP contribution in [0.5, 0.6) is 11.6 Å². The Bertz CT molecular complexity index is 726. The number of pyridine rings is 1. The SMILES string of the molecule is COc1ccccc1NC(=O)N1CCC(Oc2cccc(F)n2)C1. The molecule has 2 heterocycles. The second-order valence-corrected chi connectivity index (χ2v) is 5.40. The molecule has 0 aliphatic carbocycles. The molecule has 1 unspecified atom stereocenters. The summed E-state index contributed by atoms with van der Waals surface area (Å²) in [5.74, 6) is 0.241. The summed E-state index contributed by atoms with van der Waals surface area (Å²) in [6.07, 6.45) is 0.458. The molecule has 1 aliphatic heterocycles. The monoisotopic (exact) mass is 331 g/mol. The molecule has 1 aliphatic rings. The fourth-order valence-electron chi connectivity index (χ4n) is 2.58. The molecule has 0 spiro atoms. The number of carbonyl (C=O) groups excluding carboxylic acids is 1. The minimum Gasteiger partial charge on any atom is -0.495 e. The van der Waals surface area contributed by atoms with Crippen molar-refractivity contribution in [3.63, 3.8) is 0 Å². The topological polar surface area (TPSA) is 63.7 Å². The van der Waals surface area contributed by atoms with Gasteiger partial charge < -0.3 is 19.7 Å². The molecule has 0 saturated carbocycles. The highest BCUT2D eigenvalue weighted by Crippen LogP contribution is 2.24. The predicted molar refractivity (Wildman–Crippen MR) is 86.8 cm³/mol. The van der Waals surface area contributed by atoms with Gasteiger partial charge in [-0.05, 0) is 18.2 Å². The fraction of sp³-hybridized carbons (Fsp3) is 0.294. The number of nitrogens with one attached hydrogen (secondary N) is 1. The average molecular weight is 331 g/mol. The first kappa shape index (κ1) is 16.0. The molecule has 126 valence electrons. The van der Waals surface area contributed by atoms with Crippen LogP contribution >= 0.6 is 0 Å². The van der Waals surface area contributed by atoms with Gasteiger partial charge in [-0.15, -0.1) is 0 Å². The molecule has 0 radical (unpaired) electrons. The van der Waals surface area contributed by atoms with Gasteiger partial charge in [0.05, 0.1) is 19.3 Å². The lowest BCUT2D eigenvalue weighted by Gasteiger charge is -2.18. The largest absolute Gasteiger partial charge is 0.495 e. The van der Waals surface area contributed by atoms with Gasteiger partial charge in [0.25, 0.3) is 0 Å². The molecule has 7 heteroatoms. The number of halogens is 1. The highest BCUT2D eigenvalue weighted by atomic mass is 19.1. The third-order valence-corrected chi connectivity index (χ3v) is 3.76. The molecule has 1 aromatic heterocycles. The van der Waals surface area contributed by atoms with Crippen LogP contribution in [0.15, 0.2) is 42.5 Å². The van der Waals surface area contributed by atoms with Crippen molar-refractivity contribution in [1.29, 1.82) is 0 Å². The number of methoxy groups -OCH3 is 1. The van der Waals surface area contributed by atoms with Crippen LogP contribution < -0.4 is 14.8 Å². The Kier molecular flexibility index (Phi) is 4.79. The zero-order valence-corrected chi connectivity index (χ0v) is 13.2. The van der Waals surface area contributed by atoms with Crippen LogP contribution in [0.2, 0.25) is 0 Å². The second-order valence-electron chi connectivity index (χ2n) is 5.40. The molecule has 1 aromatic carbocycles. The van der Waals surface area contributed by atoms with Gasteiger partial charge in [-0.1, -0.05) is 18.2 Å². The smallest absolute Gasteiger partial charge is 0.322 e. The van der Waals surface area contributed by atoms with E-state index in [0.717, 1.165) is 0 Å².